The van der Waals surface area contributed by atoms with Crippen LogP contribution in [0, 0.1) is 0 Å². The Bertz CT molecular complexity index is 1030. The number of likely N-dealkylation sites (tertiary alicyclic amines) is 1. The van der Waals surface area contributed by atoms with Crippen molar-refractivity contribution in [3.63, 3.8) is 0 Å². The molecule has 3 aromatic rings. The molecule has 0 aliphatic carbocycles. The van der Waals surface area contributed by atoms with Crippen molar-refractivity contribution in [3.05, 3.63) is 52.9 Å². The van der Waals surface area contributed by atoms with E-state index in [0.717, 1.165) is 5.39 Å². The first kappa shape index (κ1) is 17.4. The number of halogens is 1. The van der Waals surface area contributed by atoms with E-state index in [1.54, 1.807) is 27.8 Å². The Morgan fingerprint density at radius 3 is 2.56 bits per heavy atom. The lowest BCUT2D eigenvalue weighted by molar-refractivity contribution is 0.0680. The van der Waals surface area contributed by atoms with Crippen molar-refractivity contribution >= 4 is 34.4 Å². The molecule has 0 radical (unpaired) electrons. The number of amides is 1. The number of carbonyl (C=O) groups excluding carboxylic acids is 1. The molecule has 1 aliphatic rings. The SMILES string of the molecule is O=C(O)c1cn(C2CCN(C(=O)c3ccc4ccc(Cl)cc4n3)CC2)nn1. The van der Waals surface area contributed by atoms with Gasteiger partial charge in [-0.3, -0.25) is 4.79 Å². The van der Waals surface area contributed by atoms with Crippen LogP contribution in [0.15, 0.2) is 36.5 Å². The van der Waals surface area contributed by atoms with Crippen LogP contribution >= 0.6 is 11.6 Å². The molecule has 9 heteroatoms. The highest BCUT2D eigenvalue weighted by molar-refractivity contribution is 6.31. The Morgan fingerprint density at radius 1 is 1.11 bits per heavy atom. The first-order valence-electron chi connectivity index (χ1n) is 8.52. The van der Waals surface area contributed by atoms with Gasteiger partial charge in [-0.25, -0.2) is 14.5 Å². The van der Waals surface area contributed by atoms with Crippen molar-refractivity contribution in [2.75, 3.05) is 13.1 Å². The predicted molar refractivity (Wildman–Crippen MR) is 97.9 cm³/mol. The normalized spacial score (nSPS) is 15.2. The molecular weight excluding hydrogens is 370 g/mol. The van der Waals surface area contributed by atoms with E-state index in [0.29, 0.717) is 42.2 Å². The number of carboxylic acids is 1. The maximum atomic E-state index is 12.8. The highest BCUT2D eigenvalue weighted by Gasteiger charge is 2.26. The van der Waals surface area contributed by atoms with Crippen molar-refractivity contribution in [2.45, 2.75) is 18.9 Å². The van der Waals surface area contributed by atoms with E-state index in [2.05, 4.69) is 15.3 Å². The summed E-state index contributed by atoms with van der Waals surface area (Å²) in [6.45, 7) is 1.09. The minimum Gasteiger partial charge on any atom is -0.476 e. The highest BCUT2D eigenvalue weighted by atomic mass is 35.5. The van der Waals surface area contributed by atoms with Crippen LogP contribution in [0.1, 0.15) is 39.9 Å². The van der Waals surface area contributed by atoms with Crippen molar-refractivity contribution in [2.24, 2.45) is 0 Å². The van der Waals surface area contributed by atoms with Crippen LogP contribution in [-0.4, -0.2) is 55.0 Å². The molecule has 27 heavy (non-hydrogen) atoms. The molecule has 1 N–H and O–H groups in total. The fourth-order valence-electron chi connectivity index (χ4n) is 3.26. The molecule has 1 aliphatic heterocycles. The number of fused-ring (bicyclic) bond motifs is 1. The molecule has 1 saturated heterocycles. The van der Waals surface area contributed by atoms with E-state index in [9.17, 15) is 9.59 Å². The number of hydrogen-bond acceptors (Lipinski definition) is 5. The molecule has 0 unspecified atom stereocenters. The van der Waals surface area contributed by atoms with Crippen LogP contribution in [0.2, 0.25) is 5.02 Å². The van der Waals surface area contributed by atoms with Gasteiger partial charge in [0.2, 0.25) is 0 Å². The molecule has 2 aromatic heterocycles. The number of hydrogen-bond donors (Lipinski definition) is 1. The van der Waals surface area contributed by atoms with E-state index in [-0.39, 0.29) is 17.6 Å². The van der Waals surface area contributed by atoms with Crippen LogP contribution in [0.25, 0.3) is 10.9 Å². The fourth-order valence-corrected chi connectivity index (χ4v) is 3.42. The van der Waals surface area contributed by atoms with Gasteiger partial charge in [0.25, 0.3) is 5.91 Å². The summed E-state index contributed by atoms with van der Waals surface area (Å²) in [6, 6.07) is 9.01. The number of aromatic carboxylic acids is 1. The van der Waals surface area contributed by atoms with Crippen LogP contribution in [0.4, 0.5) is 0 Å². The van der Waals surface area contributed by atoms with Crippen molar-refractivity contribution in [3.8, 4) is 0 Å². The van der Waals surface area contributed by atoms with E-state index in [1.807, 2.05) is 12.1 Å². The van der Waals surface area contributed by atoms with Gasteiger partial charge in [0.1, 0.15) is 5.69 Å². The lowest BCUT2D eigenvalue weighted by Crippen LogP contribution is -2.39. The topological polar surface area (TPSA) is 101 Å². The molecule has 1 fully saturated rings. The van der Waals surface area contributed by atoms with Gasteiger partial charge in [-0.2, -0.15) is 0 Å². The number of benzene rings is 1. The van der Waals surface area contributed by atoms with E-state index < -0.39 is 5.97 Å². The largest absolute Gasteiger partial charge is 0.476 e. The van der Waals surface area contributed by atoms with Gasteiger partial charge >= 0.3 is 5.97 Å². The molecule has 0 saturated carbocycles. The van der Waals surface area contributed by atoms with Gasteiger partial charge in [0.05, 0.1) is 17.8 Å². The molecule has 138 valence electrons. The number of nitrogens with zero attached hydrogens (tertiary/aromatic N) is 5. The van der Waals surface area contributed by atoms with Gasteiger partial charge in [-0.15, -0.1) is 5.10 Å². The second-order valence-corrected chi connectivity index (χ2v) is 6.88. The van der Waals surface area contributed by atoms with Gasteiger partial charge in [0, 0.05) is 23.5 Å². The third-order valence-corrected chi connectivity index (χ3v) is 4.96. The van der Waals surface area contributed by atoms with Gasteiger partial charge < -0.3 is 10.0 Å². The Morgan fingerprint density at radius 2 is 1.85 bits per heavy atom. The molecule has 1 aromatic carbocycles. The average molecular weight is 386 g/mol. The summed E-state index contributed by atoms with van der Waals surface area (Å²) in [6.07, 6.45) is 2.78. The lowest BCUT2D eigenvalue weighted by Gasteiger charge is -2.31. The van der Waals surface area contributed by atoms with Crippen molar-refractivity contribution < 1.29 is 14.7 Å². The number of piperidine rings is 1. The van der Waals surface area contributed by atoms with E-state index >= 15 is 0 Å². The zero-order valence-electron chi connectivity index (χ0n) is 14.2. The number of pyridine rings is 1. The smallest absolute Gasteiger partial charge is 0.358 e. The average Bonchev–Trinajstić information content (AvgIpc) is 3.17. The highest BCUT2D eigenvalue weighted by Crippen LogP contribution is 2.24. The van der Waals surface area contributed by atoms with Crippen LogP contribution < -0.4 is 0 Å². The van der Waals surface area contributed by atoms with E-state index in [1.165, 1.54) is 6.20 Å². The standard InChI is InChI=1S/C18H16ClN5O3/c19-12-3-1-11-2-4-14(20-15(11)9-12)17(25)23-7-5-13(6-8-23)24-10-16(18(26)27)21-22-24/h1-4,9-10,13H,5-8H2,(H,26,27). The predicted octanol–water partition coefficient (Wildman–Crippen LogP) is 2.66. The van der Waals surface area contributed by atoms with Crippen molar-refractivity contribution in [1.82, 2.24) is 24.9 Å². The summed E-state index contributed by atoms with van der Waals surface area (Å²) in [5, 5.41) is 18.0. The second-order valence-electron chi connectivity index (χ2n) is 6.45. The van der Waals surface area contributed by atoms with Gasteiger partial charge in [-0.1, -0.05) is 28.9 Å². The Balaban J connectivity index is 1.45. The summed E-state index contributed by atoms with van der Waals surface area (Å²) in [5.74, 6) is -1.23. The molecule has 0 atom stereocenters. The number of carboxylic acid groups (broad SMARTS) is 1. The molecule has 4 rings (SSSR count). The van der Waals surface area contributed by atoms with E-state index in [4.69, 9.17) is 16.7 Å². The summed E-state index contributed by atoms with van der Waals surface area (Å²) >= 11 is 6.01. The monoisotopic (exact) mass is 385 g/mol. The van der Waals surface area contributed by atoms with Crippen LogP contribution in [0.3, 0.4) is 0 Å². The number of aromatic nitrogens is 4. The van der Waals surface area contributed by atoms with Crippen molar-refractivity contribution in [1.29, 1.82) is 0 Å². The summed E-state index contributed by atoms with van der Waals surface area (Å²) < 4.78 is 1.57. The molecule has 1 amide bonds. The maximum absolute atomic E-state index is 12.8. The number of rotatable bonds is 3. The quantitative estimate of drug-likeness (QED) is 0.743. The summed E-state index contributed by atoms with van der Waals surface area (Å²) in [4.78, 5) is 29.9. The zero-order chi connectivity index (χ0) is 19.0. The molecule has 3 heterocycles. The van der Waals surface area contributed by atoms with Crippen LogP contribution in [0.5, 0.6) is 0 Å². The number of carbonyl (C=O) groups is 2. The van der Waals surface area contributed by atoms with Gasteiger partial charge in [0.15, 0.2) is 5.69 Å². The molecule has 0 spiro atoms. The summed E-state index contributed by atoms with van der Waals surface area (Å²) in [5.41, 5.74) is 0.997. The molecular formula is C18H16ClN5O3. The minimum atomic E-state index is -1.10. The fraction of sp³-hybridized carbons (Fsp3) is 0.278. The molecule has 8 nitrogen and oxygen atoms in total. The van der Waals surface area contributed by atoms with Gasteiger partial charge in [-0.05, 0) is 31.0 Å². The minimum absolute atomic E-state index is 0.0259. The Hall–Kier alpha value is -3.00. The second kappa shape index (κ2) is 6.96. The van der Waals surface area contributed by atoms with Crippen LogP contribution in [-0.2, 0) is 0 Å². The third-order valence-electron chi connectivity index (χ3n) is 4.73. The zero-order valence-corrected chi connectivity index (χ0v) is 15.0. The first-order chi connectivity index (χ1) is 13.0. The third kappa shape index (κ3) is 3.48. The Kier molecular flexibility index (Phi) is 4.49. The maximum Gasteiger partial charge on any atom is 0.358 e. The molecule has 0 bridgehead atoms. The summed E-state index contributed by atoms with van der Waals surface area (Å²) in [7, 11) is 0. The Labute approximate surface area is 159 Å². The lowest BCUT2D eigenvalue weighted by atomic mass is 10.0. The first-order valence-corrected chi connectivity index (χ1v) is 8.90.